The first-order valence-corrected chi connectivity index (χ1v) is 7.75. The first kappa shape index (κ1) is 12.9. The van der Waals surface area contributed by atoms with E-state index in [1.165, 1.54) is 0 Å². The Balaban J connectivity index is 2.57. The van der Waals surface area contributed by atoms with Crippen LogP contribution in [0.1, 0.15) is 5.56 Å². The highest BCUT2D eigenvalue weighted by Crippen LogP contribution is 2.33. The predicted octanol–water partition coefficient (Wildman–Crippen LogP) is 4.16. The van der Waals surface area contributed by atoms with E-state index in [0.29, 0.717) is 8.85 Å². The molecule has 2 N–H and O–H groups in total. The second-order valence-corrected chi connectivity index (χ2v) is 7.68. The molecule has 0 amide bonds. The largest absolute Gasteiger partial charge is 0.300 e. The number of benzene rings is 1. The summed E-state index contributed by atoms with van der Waals surface area (Å²) in [5.74, 6) is 0. The topological polar surface area (TPSA) is 53.1 Å². The fraction of sp³-hybridized carbons (Fsp3) is 0.100. The van der Waals surface area contributed by atoms with E-state index in [9.17, 15) is 8.76 Å². The normalized spacial score (nSPS) is 14.5. The molecule has 0 bridgehead atoms. The molecule has 0 saturated heterocycles. The van der Waals surface area contributed by atoms with Crippen LogP contribution in [0.15, 0.2) is 34.2 Å². The third kappa shape index (κ3) is 2.51. The van der Waals surface area contributed by atoms with Gasteiger partial charge in [0.15, 0.2) is 13.2 Å². The molecule has 2 aromatic rings. The molecule has 0 radical (unpaired) electrons. The Kier molecular flexibility index (Phi) is 3.51. The van der Waals surface area contributed by atoms with Crippen molar-refractivity contribution in [3.63, 3.8) is 0 Å². The summed E-state index contributed by atoms with van der Waals surface area (Å²) in [6.07, 6.45) is 0. The zero-order chi connectivity index (χ0) is 12.6. The zero-order valence-corrected chi connectivity index (χ0v) is 12.0. The van der Waals surface area contributed by atoms with Crippen LogP contribution >= 0.6 is 35.2 Å². The summed E-state index contributed by atoms with van der Waals surface area (Å²) in [5, 5.41) is 0.0815. The lowest BCUT2D eigenvalue weighted by molar-refractivity contribution is 0.494. The highest BCUT2D eigenvalue weighted by molar-refractivity contribution is 7.98. The number of aromatic amines is 1. The Morgan fingerprint density at radius 1 is 1.41 bits per heavy atom. The summed E-state index contributed by atoms with van der Waals surface area (Å²) < 4.78 is 23.1. The van der Waals surface area contributed by atoms with E-state index in [1.54, 1.807) is 24.3 Å². The van der Waals surface area contributed by atoms with E-state index in [2.05, 4.69) is 4.98 Å². The van der Waals surface area contributed by atoms with Gasteiger partial charge in [0.05, 0.1) is 0 Å². The summed E-state index contributed by atoms with van der Waals surface area (Å²) in [6, 6.07) is 6.78. The van der Waals surface area contributed by atoms with Crippen molar-refractivity contribution in [2.45, 2.75) is 16.8 Å². The molecule has 2 rings (SSSR count). The maximum Gasteiger partial charge on any atom is 0.300 e. The van der Waals surface area contributed by atoms with Crippen LogP contribution in [0.5, 0.6) is 0 Å². The van der Waals surface area contributed by atoms with Gasteiger partial charge in [-0.25, -0.2) is 0 Å². The van der Waals surface area contributed by atoms with Gasteiger partial charge < -0.3 is 0 Å². The van der Waals surface area contributed by atoms with E-state index in [-0.39, 0.29) is 9.36 Å². The zero-order valence-electron chi connectivity index (χ0n) is 8.77. The van der Waals surface area contributed by atoms with Gasteiger partial charge in [-0.05, 0) is 31.3 Å². The van der Waals surface area contributed by atoms with Gasteiger partial charge in [0.2, 0.25) is 0 Å². The van der Waals surface area contributed by atoms with Crippen LogP contribution < -0.4 is 0 Å². The smallest absolute Gasteiger partial charge is 0.294 e. The Hall–Kier alpha value is -0.530. The summed E-state index contributed by atoms with van der Waals surface area (Å²) in [6.45, 7) is 1.91. The quantitative estimate of drug-likeness (QED) is 0.647. The van der Waals surface area contributed by atoms with Crippen molar-refractivity contribution in [1.29, 1.82) is 0 Å². The predicted molar refractivity (Wildman–Crippen MR) is 72.9 cm³/mol. The maximum atomic E-state index is 12.3. The minimum atomic E-state index is -3.36. The highest BCUT2D eigenvalue weighted by atomic mass is 35.5. The van der Waals surface area contributed by atoms with E-state index < -0.39 is 10.2 Å². The molecule has 0 fully saturated rings. The van der Waals surface area contributed by atoms with Gasteiger partial charge in [0.1, 0.15) is 0 Å². The standard InChI is InChI=1S/C10H8ClNO2S3/c1-6-2-4-7(5-3-6)17(13,14)9-8(11)16-10(15)12-9/h2-5H,1H3,(H-,12,13,14,15)/p+1. The average molecular weight is 307 g/mol. The first-order valence-electron chi connectivity index (χ1n) is 4.63. The first-order chi connectivity index (χ1) is 7.91. The van der Waals surface area contributed by atoms with Crippen LogP contribution in [0.2, 0.25) is 4.34 Å². The van der Waals surface area contributed by atoms with E-state index in [1.807, 2.05) is 6.92 Å². The summed E-state index contributed by atoms with van der Waals surface area (Å²) in [7, 11) is -3.36. The van der Waals surface area contributed by atoms with Crippen LogP contribution in [-0.2, 0) is 14.4 Å². The van der Waals surface area contributed by atoms with E-state index in [0.717, 1.165) is 16.9 Å². The average Bonchev–Trinajstić information content (AvgIpc) is 2.59. The van der Waals surface area contributed by atoms with Crippen LogP contribution in [0.25, 0.3) is 0 Å². The van der Waals surface area contributed by atoms with Gasteiger partial charge in [0, 0.05) is 0 Å². The number of hydrogen-bond donors (Lipinski definition) is 2. The van der Waals surface area contributed by atoms with Gasteiger partial charge >= 0.3 is 10.2 Å². The van der Waals surface area contributed by atoms with Crippen LogP contribution in [0, 0.1) is 10.9 Å². The number of rotatable bonds is 2. The number of nitrogens with one attached hydrogen (secondary N) is 1. The number of thiazole rings is 1. The van der Waals surface area contributed by atoms with Gasteiger partial charge in [-0.15, -0.1) is 0 Å². The van der Waals surface area contributed by atoms with Gasteiger partial charge in [-0.3, -0.25) is 4.98 Å². The molecule has 0 aliphatic heterocycles. The van der Waals surface area contributed by atoms with Crippen molar-refractivity contribution in [3.8, 4) is 0 Å². The van der Waals surface area contributed by atoms with Crippen LogP contribution in [0.4, 0.5) is 0 Å². The monoisotopic (exact) mass is 306 g/mol. The lowest BCUT2D eigenvalue weighted by Gasteiger charge is -2.01. The number of hydrogen-bond acceptors (Lipinski definition) is 3. The molecule has 90 valence electrons. The molecule has 1 aromatic carbocycles. The second-order valence-electron chi connectivity index (χ2n) is 3.46. The van der Waals surface area contributed by atoms with E-state index >= 15 is 0 Å². The lowest BCUT2D eigenvalue weighted by atomic mass is 10.2. The molecule has 1 unspecified atom stereocenters. The van der Waals surface area contributed by atoms with Crippen molar-refractivity contribution >= 4 is 45.4 Å². The van der Waals surface area contributed by atoms with Crippen molar-refractivity contribution in [3.05, 3.63) is 38.1 Å². The Morgan fingerprint density at radius 2 is 2.00 bits per heavy atom. The maximum absolute atomic E-state index is 12.3. The van der Waals surface area contributed by atoms with Crippen LogP contribution in [-0.4, -0.2) is 9.54 Å². The molecule has 1 heterocycles. The highest BCUT2D eigenvalue weighted by Gasteiger charge is 2.37. The fourth-order valence-electron chi connectivity index (χ4n) is 1.31. The van der Waals surface area contributed by atoms with Gasteiger partial charge in [-0.2, -0.15) is 4.55 Å². The Labute approximate surface area is 114 Å². The number of H-pyrrole nitrogens is 1. The fourth-order valence-corrected chi connectivity index (χ4v) is 4.65. The number of aromatic nitrogens is 1. The van der Waals surface area contributed by atoms with Crippen molar-refractivity contribution < 1.29 is 8.76 Å². The van der Waals surface area contributed by atoms with E-state index in [4.69, 9.17) is 23.8 Å². The molecule has 0 saturated carbocycles. The molecule has 3 nitrogen and oxygen atoms in total. The minimum Gasteiger partial charge on any atom is -0.294 e. The SMILES string of the molecule is Cc1ccc([S+](=O)(O)c2[nH]c(=S)sc2Cl)cc1. The molecule has 7 heteroatoms. The molecule has 0 aliphatic rings. The third-order valence-corrected chi connectivity index (χ3v) is 5.65. The molecule has 0 spiro atoms. The molecular formula is C10H9ClNO2S3+. The van der Waals surface area contributed by atoms with Crippen molar-refractivity contribution in [2.24, 2.45) is 0 Å². The molecular weight excluding hydrogens is 298 g/mol. The third-order valence-electron chi connectivity index (χ3n) is 2.19. The Morgan fingerprint density at radius 3 is 2.47 bits per heavy atom. The summed E-state index contributed by atoms with van der Waals surface area (Å²) in [4.78, 5) is 2.99. The summed E-state index contributed by atoms with van der Waals surface area (Å²) in [5.41, 5.74) is 1.02. The molecule has 0 aliphatic carbocycles. The molecule has 1 aromatic heterocycles. The second kappa shape index (κ2) is 4.62. The number of halogens is 1. The molecule has 17 heavy (non-hydrogen) atoms. The van der Waals surface area contributed by atoms with Gasteiger partial charge in [0.25, 0.3) is 5.03 Å². The van der Waals surface area contributed by atoms with Gasteiger partial charge in [-0.1, -0.05) is 44.8 Å². The molecule has 1 atom stereocenters. The minimum absolute atomic E-state index is 0.0815. The Bertz CT molecular complexity index is 644. The number of aryl methyl sites for hydroxylation is 1. The van der Waals surface area contributed by atoms with Crippen LogP contribution in [0.3, 0.4) is 0 Å². The lowest BCUT2D eigenvalue weighted by Crippen LogP contribution is -2.11. The van der Waals surface area contributed by atoms with Crippen molar-refractivity contribution in [1.82, 2.24) is 4.98 Å². The summed E-state index contributed by atoms with van der Waals surface area (Å²) >= 11 is 11.9. The van der Waals surface area contributed by atoms with Crippen molar-refractivity contribution in [2.75, 3.05) is 0 Å².